The molecule has 1 aromatic heterocycles. The molecular formula is C24H26N2O4. The van der Waals surface area contributed by atoms with Crippen molar-refractivity contribution in [3.8, 4) is 5.75 Å². The number of benzene rings is 2. The van der Waals surface area contributed by atoms with Gasteiger partial charge in [0.1, 0.15) is 11.5 Å². The highest BCUT2D eigenvalue weighted by molar-refractivity contribution is 5.95. The fraction of sp³-hybridized carbons (Fsp3) is 0.250. The van der Waals surface area contributed by atoms with Crippen LogP contribution in [0.3, 0.4) is 0 Å². The smallest absolute Gasteiger partial charge is 0.254 e. The summed E-state index contributed by atoms with van der Waals surface area (Å²) in [4.78, 5) is 26.8. The van der Waals surface area contributed by atoms with Crippen molar-refractivity contribution in [2.45, 2.75) is 26.9 Å². The van der Waals surface area contributed by atoms with Crippen molar-refractivity contribution >= 4 is 11.8 Å². The molecule has 6 heteroatoms. The molecule has 1 heterocycles. The Balaban J connectivity index is 1.84. The first-order chi connectivity index (χ1) is 14.5. The number of ether oxygens (including phenoxy) is 1. The van der Waals surface area contributed by atoms with Crippen LogP contribution in [-0.4, -0.2) is 30.4 Å². The molecular weight excluding hydrogens is 380 g/mol. The first kappa shape index (κ1) is 21.2. The first-order valence-corrected chi connectivity index (χ1v) is 9.88. The lowest BCUT2D eigenvalue weighted by Crippen LogP contribution is -2.30. The molecule has 0 saturated carbocycles. The van der Waals surface area contributed by atoms with Crippen molar-refractivity contribution in [1.82, 2.24) is 10.2 Å². The van der Waals surface area contributed by atoms with Gasteiger partial charge in [-0.3, -0.25) is 9.59 Å². The van der Waals surface area contributed by atoms with Gasteiger partial charge in [-0.05, 0) is 67.4 Å². The summed E-state index contributed by atoms with van der Waals surface area (Å²) in [6, 6.07) is 16.3. The molecule has 0 aliphatic carbocycles. The summed E-state index contributed by atoms with van der Waals surface area (Å²) in [6.45, 7) is 5.16. The van der Waals surface area contributed by atoms with Crippen LogP contribution in [0.15, 0.2) is 65.3 Å². The fourth-order valence-corrected chi connectivity index (χ4v) is 3.20. The van der Waals surface area contributed by atoms with E-state index in [1.165, 1.54) is 0 Å². The monoisotopic (exact) mass is 406 g/mol. The molecule has 3 rings (SSSR count). The van der Waals surface area contributed by atoms with Crippen molar-refractivity contribution in [2.75, 3.05) is 13.7 Å². The Morgan fingerprint density at radius 1 is 1.03 bits per heavy atom. The Labute approximate surface area is 176 Å². The number of hydrogen-bond donors (Lipinski definition) is 1. The third-order valence-corrected chi connectivity index (χ3v) is 4.75. The number of aryl methyl sites for hydroxylation is 1. The predicted octanol–water partition coefficient (Wildman–Crippen LogP) is 4.19. The Morgan fingerprint density at radius 3 is 2.37 bits per heavy atom. The average Bonchev–Trinajstić information content (AvgIpc) is 3.27. The van der Waals surface area contributed by atoms with Crippen LogP contribution in [0.25, 0.3) is 0 Å². The molecule has 30 heavy (non-hydrogen) atoms. The van der Waals surface area contributed by atoms with E-state index in [-0.39, 0.29) is 11.8 Å². The summed E-state index contributed by atoms with van der Waals surface area (Å²) in [5.74, 6) is 1.23. The topological polar surface area (TPSA) is 71.8 Å². The van der Waals surface area contributed by atoms with E-state index < -0.39 is 0 Å². The minimum atomic E-state index is -0.144. The Hall–Kier alpha value is -3.54. The maximum atomic E-state index is 13.3. The normalized spacial score (nSPS) is 10.5. The molecule has 1 N–H and O–H groups in total. The van der Waals surface area contributed by atoms with Crippen LogP contribution in [-0.2, 0) is 13.1 Å². The Morgan fingerprint density at radius 2 is 1.77 bits per heavy atom. The van der Waals surface area contributed by atoms with E-state index in [4.69, 9.17) is 9.15 Å². The summed E-state index contributed by atoms with van der Waals surface area (Å²) in [6.07, 6.45) is 1.59. The number of furan rings is 1. The molecule has 3 aromatic rings. The second-order valence-electron chi connectivity index (χ2n) is 6.93. The molecule has 6 nitrogen and oxygen atoms in total. The van der Waals surface area contributed by atoms with Gasteiger partial charge in [0.2, 0.25) is 0 Å². The van der Waals surface area contributed by atoms with Gasteiger partial charge in [0, 0.05) is 24.7 Å². The number of nitrogens with one attached hydrogen (secondary N) is 1. The number of nitrogens with zero attached hydrogens (tertiary/aromatic N) is 1. The number of hydrogen-bond acceptors (Lipinski definition) is 4. The van der Waals surface area contributed by atoms with Gasteiger partial charge in [0.25, 0.3) is 11.8 Å². The SMILES string of the molecule is CCOc1ccc(C(=O)N(Cc2ccc(C(=O)NC)cc2)Cc2ccco2)cc1C. The van der Waals surface area contributed by atoms with Gasteiger partial charge in [-0.15, -0.1) is 0 Å². The molecule has 0 fully saturated rings. The highest BCUT2D eigenvalue weighted by Crippen LogP contribution is 2.22. The molecule has 0 spiro atoms. The number of amides is 2. The van der Waals surface area contributed by atoms with Crippen LogP contribution < -0.4 is 10.1 Å². The first-order valence-electron chi connectivity index (χ1n) is 9.88. The van der Waals surface area contributed by atoms with E-state index in [1.54, 1.807) is 42.5 Å². The standard InChI is InChI=1S/C24H26N2O4/c1-4-29-22-12-11-20(14-17(22)2)24(28)26(16-21-6-5-13-30-21)15-18-7-9-19(10-8-18)23(27)25-3/h5-14H,4,15-16H2,1-3H3,(H,25,27). The third-order valence-electron chi connectivity index (χ3n) is 4.75. The van der Waals surface area contributed by atoms with Crippen LogP contribution >= 0.6 is 0 Å². The van der Waals surface area contributed by atoms with E-state index in [2.05, 4.69) is 5.32 Å². The lowest BCUT2D eigenvalue weighted by atomic mass is 10.1. The molecule has 2 amide bonds. The third kappa shape index (κ3) is 5.08. The number of rotatable bonds is 8. The molecule has 156 valence electrons. The van der Waals surface area contributed by atoms with Gasteiger partial charge in [0.15, 0.2) is 0 Å². The van der Waals surface area contributed by atoms with Crippen molar-refractivity contribution in [1.29, 1.82) is 0 Å². The maximum Gasteiger partial charge on any atom is 0.254 e. The second kappa shape index (κ2) is 9.78. The number of carbonyl (C=O) groups is 2. The zero-order chi connectivity index (χ0) is 21.5. The summed E-state index contributed by atoms with van der Waals surface area (Å²) in [5.41, 5.74) is 3.00. The largest absolute Gasteiger partial charge is 0.494 e. The number of carbonyl (C=O) groups excluding carboxylic acids is 2. The molecule has 0 atom stereocenters. The molecule has 0 saturated heterocycles. The van der Waals surface area contributed by atoms with Gasteiger partial charge in [-0.2, -0.15) is 0 Å². The second-order valence-corrected chi connectivity index (χ2v) is 6.93. The van der Waals surface area contributed by atoms with E-state index in [1.807, 2.05) is 44.2 Å². The molecule has 0 unspecified atom stereocenters. The van der Waals surface area contributed by atoms with Crippen molar-refractivity contribution < 1.29 is 18.7 Å². The minimum Gasteiger partial charge on any atom is -0.494 e. The van der Waals surface area contributed by atoms with Gasteiger partial charge < -0.3 is 19.4 Å². The Kier molecular flexibility index (Phi) is 6.91. The van der Waals surface area contributed by atoms with Crippen molar-refractivity contribution in [3.05, 3.63) is 88.9 Å². The highest BCUT2D eigenvalue weighted by atomic mass is 16.5. The fourth-order valence-electron chi connectivity index (χ4n) is 3.20. The highest BCUT2D eigenvalue weighted by Gasteiger charge is 2.19. The van der Waals surface area contributed by atoms with Gasteiger partial charge in [0.05, 0.1) is 19.4 Å². The summed E-state index contributed by atoms with van der Waals surface area (Å²) in [5, 5.41) is 2.60. The molecule has 2 aromatic carbocycles. The summed E-state index contributed by atoms with van der Waals surface area (Å²) >= 11 is 0. The van der Waals surface area contributed by atoms with Gasteiger partial charge in [-0.25, -0.2) is 0 Å². The van der Waals surface area contributed by atoms with Crippen molar-refractivity contribution in [3.63, 3.8) is 0 Å². The minimum absolute atomic E-state index is 0.104. The van der Waals surface area contributed by atoms with Crippen LogP contribution in [0.5, 0.6) is 5.75 Å². The lowest BCUT2D eigenvalue weighted by molar-refractivity contribution is 0.0717. The maximum absolute atomic E-state index is 13.3. The van der Waals surface area contributed by atoms with Crippen LogP contribution in [0.2, 0.25) is 0 Å². The van der Waals surface area contributed by atoms with E-state index in [0.29, 0.717) is 36.6 Å². The predicted molar refractivity (Wildman–Crippen MR) is 114 cm³/mol. The van der Waals surface area contributed by atoms with Crippen LogP contribution in [0, 0.1) is 6.92 Å². The van der Waals surface area contributed by atoms with Crippen molar-refractivity contribution in [2.24, 2.45) is 0 Å². The van der Waals surface area contributed by atoms with Gasteiger partial charge >= 0.3 is 0 Å². The van der Waals surface area contributed by atoms with Crippen LogP contribution in [0.4, 0.5) is 0 Å². The molecule has 0 bridgehead atoms. The average molecular weight is 406 g/mol. The van der Waals surface area contributed by atoms with Gasteiger partial charge in [-0.1, -0.05) is 12.1 Å². The lowest BCUT2D eigenvalue weighted by Gasteiger charge is -2.22. The van der Waals surface area contributed by atoms with Crippen LogP contribution in [0.1, 0.15) is 44.5 Å². The quantitative estimate of drug-likeness (QED) is 0.609. The zero-order valence-electron chi connectivity index (χ0n) is 17.5. The molecule has 0 radical (unpaired) electrons. The Bertz CT molecular complexity index is 995. The summed E-state index contributed by atoms with van der Waals surface area (Å²) in [7, 11) is 1.60. The van der Waals surface area contributed by atoms with E-state index in [0.717, 1.165) is 16.9 Å². The van der Waals surface area contributed by atoms with E-state index in [9.17, 15) is 9.59 Å². The molecule has 0 aliphatic rings. The zero-order valence-corrected chi connectivity index (χ0v) is 17.5. The van der Waals surface area contributed by atoms with E-state index >= 15 is 0 Å². The summed E-state index contributed by atoms with van der Waals surface area (Å²) < 4.78 is 11.0. The molecule has 0 aliphatic heterocycles.